The molecule has 2 heterocycles. The fourth-order valence-electron chi connectivity index (χ4n) is 3.37. The van der Waals surface area contributed by atoms with Crippen molar-refractivity contribution in [1.82, 2.24) is 9.29 Å². The first-order valence-electron chi connectivity index (χ1n) is 9.79. The summed E-state index contributed by atoms with van der Waals surface area (Å²) in [7, 11) is -3.51. The summed E-state index contributed by atoms with van der Waals surface area (Å²) in [5.74, 6) is 1.21. The number of morpholine rings is 1. The van der Waals surface area contributed by atoms with Gasteiger partial charge in [0.05, 0.1) is 23.6 Å². The van der Waals surface area contributed by atoms with Gasteiger partial charge >= 0.3 is 0 Å². The molecule has 0 spiro atoms. The van der Waals surface area contributed by atoms with Crippen molar-refractivity contribution in [3.05, 3.63) is 60.2 Å². The molecule has 0 bridgehead atoms. The molecule has 1 saturated heterocycles. The number of sulfonamides is 1. The van der Waals surface area contributed by atoms with Crippen LogP contribution in [0, 0.1) is 0 Å². The van der Waals surface area contributed by atoms with Gasteiger partial charge in [-0.2, -0.15) is 4.31 Å². The van der Waals surface area contributed by atoms with Crippen molar-refractivity contribution >= 4 is 32.4 Å². The molecule has 0 atom stereocenters. The minimum atomic E-state index is -3.51. The number of ether oxygens (including phenoxy) is 1. The minimum absolute atomic E-state index is 0.290. The first-order chi connectivity index (χ1) is 13.9. The highest BCUT2D eigenvalue weighted by atomic mass is 32.2. The van der Waals surface area contributed by atoms with Crippen molar-refractivity contribution in [2.45, 2.75) is 24.7 Å². The fraction of sp³-hybridized carbons (Fsp3) is 0.318. The molecule has 7 heteroatoms. The third-order valence-corrected chi connectivity index (χ3v) is 7.01. The molecule has 6 nitrogen and oxygen atoms in total. The summed E-state index contributed by atoms with van der Waals surface area (Å²) in [6.45, 7) is 5.97. The van der Waals surface area contributed by atoms with Crippen LogP contribution >= 0.6 is 0 Å². The van der Waals surface area contributed by atoms with Gasteiger partial charge < -0.3 is 10.1 Å². The van der Waals surface area contributed by atoms with Crippen molar-refractivity contribution in [3.8, 4) is 0 Å². The van der Waals surface area contributed by atoms with E-state index in [0.29, 0.717) is 37.1 Å². The Kier molecular flexibility index (Phi) is 5.54. The molecule has 1 aromatic heterocycles. The van der Waals surface area contributed by atoms with Crippen LogP contribution < -0.4 is 5.32 Å². The number of anilines is 2. The summed E-state index contributed by atoms with van der Waals surface area (Å²) in [4.78, 5) is 4.91. The Hall–Kier alpha value is -2.48. The lowest BCUT2D eigenvalue weighted by Gasteiger charge is -2.26. The van der Waals surface area contributed by atoms with Gasteiger partial charge in [-0.3, -0.25) is 0 Å². The lowest BCUT2D eigenvalue weighted by molar-refractivity contribution is 0.0730. The number of aromatic nitrogens is 1. The van der Waals surface area contributed by atoms with E-state index < -0.39 is 10.0 Å². The molecule has 0 unspecified atom stereocenters. The maximum Gasteiger partial charge on any atom is 0.243 e. The number of pyridine rings is 1. The van der Waals surface area contributed by atoms with Crippen LogP contribution in [0.15, 0.2) is 59.5 Å². The predicted octanol–water partition coefficient (Wildman–Crippen LogP) is 4.12. The molecule has 3 aromatic rings. The summed E-state index contributed by atoms with van der Waals surface area (Å²) in [5, 5.41) is 4.10. The molecule has 1 fully saturated rings. The Morgan fingerprint density at radius 3 is 2.41 bits per heavy atom. The van der Waals surface area contributed by atoms with Gasteiger partial charge in [0, 0.05) is 24.2 Å². The Balaban J connectivity index is 1.57. The summed E-state index contributed by atoms with van der Waals surface area (Å²) < 4.78 is 32.4. The van der Waals surface area contributed by atoms with Crippen LogP contribution in [0.3, 0.4) is 0 Å². The second-order valence-electron chi connectivity index (χ2n) is 7.47. The van der Waals surface area contributed by atoms with Crippen molar-refractivity contribution in [3.63, 3.8) is 0 Å². The Bertz CT molecular complexity index is 1110. The third kappa shape index (κ3) is 4.27. The van der Waals surface area contributed by atoms with Gasteiger partial charge in [-0.15, -0.1) is 0 Å². The molecule has 0 aliphatic carbocycles. The van der Waals surface area contributed by atoms with E-state index >= 15 is 0 Å². The molecule has 152 valence electrons. The molecule has 2 aromatic carbocycles. The number of fused-ring (bicyclic) bond motifs is 1. The second kappa shape index (κ2) is 8.10. The number of hydrogen-bond donors (Lipinski definition) is 1. The molecule has 1 N–H and O–H groups in total. The summed E-state index contributed by atoms with van der Waals surface area (Å²) >= 11 is 0. The van der Waals surface area contributed by atoms with Crippen molar-refractivity contribution in [2.24, 2.45) is 0 Å². The molecule has 0 amide bonds. The highest BCUT2D eigenvalue weighted by molar-refractivity contribution is 7.89. The highest BCUT2D eigenvalue weighted by Gasteiger charge is 2.26. The first kappa shape index (κ1) is 19.8. The van der Waals surface area contributed by atoms with Crippen LogP contribution in [0.1, 0.15) is 25.3 Å². The van der Waals surface area contributed by atoms with Crippen LogP contribution in [0.2, 0.25) is 0 Å². The predicted molar refractivity (Wildman–Crippen MR) is 115 cm³/mol. The van der Waals surface area contributed by atoms with Gasteiger partial charge in [0.1, 0.15) is 5.82 Å². The molecule has 0 radical (unpaired) electrons. The topological polar surface area (TPSA) is 71.5 Å². The smallest absolute Gasteiger partial charge is 0.243 e. The number of nitrogens with one attached hydrogen (secondary N) is 1. The Labute approximate surface area is 171 Å². The maximum absolute atomic E-state index is 12.9. The van der Waals surface area contributed by atoms with E-state index in [1.165, 1.54) is 9.87 Å². The van der Waals surface area contributed by atoms with Crippen LogP contribution in [-0.4, -0.2) is 44.0 Å². The van der Waals surface area contributed by atoms with Crippen molar-refractivity contribution in [1.29, 1.82) is 0 Å². The number of rotatable bonds is 5. The van der Waals surface area contributed by atoms with Crippen LogP contribution in [0.25, 0.3) is 10.9 Å². The average Bonchev–Trinajstić information content (AvgIpc) is 2.74. The summed E-state index contributed by atoms with van der Waals surface area (Å²) in [6.07, 6.45) is 0. The first-order valence-corrected chi connectivity index (χ1v) is 11.2. The normalized spacial score (nSPS) is 15.7. The summed E-state index contributed by atoms with van der Waals surface area (Å²) in [6, 6.07) is 17.1. The van der Waals surface area contributed by atoms with E-state index in [2.05, 4.69) is 36.3 Å². The Morgan fingerprint density at radius 1 is 1.00 bits per heavy atom. The second-order valence-corrected chi connectivity index (χ2v) is 9.41. The largest absolute Gasteiger partial charge is 0.379 e. The maximum atomic E-state index is 12.9. The minimum Gasteiger partial charge on any atom is -0.379 e. The molecule has 4 rings (SSSR count). The van der Waals surface area contributed by atoms with Gasteiger partial charge in [0.15, 0.2) is 0 Å². The molecule has 29 heavy (non-hydrogen) atoms. The number of benzene rings is 2. The number of hydrogen-bond acceptors (Lipinski definition) is 5. The van der Waals surface area contributed by atoms with Crippen LogP contribution in [0.5, 0.6) is 0 Å². The quantitative estimate of drug-likeness (QED) is 0.684. The van der Waals surface area contributed by atoms with Crippen molar-refractivity contribution in [2.75, 3.05) is 31.6 Å². The third-order valence-electron chi connectivity index (χ3n) is 5.12. The van der Waals surface area contributed by atoms with E-state index in [1.54, 1.807) is 18.2 Å². The van der Waals surface area contributed by atoms with Gasteiger partial charge in [-0.1, -0.05) is 26.0 Å². The zero-order valence-electron chi connectivity index (χ0n) is 16.6. The van der Waals surface area contributed by atoms with E-state index in [-0.39, 0.29) is 0 Å². The SMILES string of the molecule is CC(C)c1ccc(Nc2ccc3cc(S(=O)(=O)N4CCOCC4)ccc3n2)cc1. The van der Waals surface area contributed by atoms with Gasteiger partial charge in [-0.05, 0) is 53.9 Å². The van der Waals surface area contributed by atoms with E-state index in [4.69, 9.17) is 4.74 Å². The molecular weight excluding hydrogens is 386 g/mol. The van der Waals surface area contributed by atoms with Gasteiger partial charge in [0.2, 0.25) is 10.0 Å². The fourth-order valence-corrected chi connectivity index (χ4v) is 4.81. The monoisotopic (exact) mass is 411 g/mol. The average molecular weight is 412 g/mol. The molecular formula is C22H25N3O3S. The lowest BCUT2D eigenvalue weighted by Crippen LogP contribution is -2.40. The molecule has 0 saturated carbocycles. The van der Waals surface area contributed by atoms with Crippen LogP contribution in [0.4, 0.5) is 11.5 Å². The molecule has 1 aliphatic rings. The lowest BCUT2D eigenvalue weighted by atomic mass is 10.0. The van der Waals surface area contributed by atoms with E-state index in [9.17, 15) is 8.42 Å². The highest BCUT2D eigenvalue weighted by Crippen LogP contribution is 2.25. The zero-order chi connectivity index (χ0) is 20.4. The standard InChI is InChI=1S/C22H25N3O3S/c1-16(2)17-3-6-19(7-4-17)23-22-10-5-18-15-20(8-9-21(18)24-22)29(26,27)25-11-13-28-14-12-25/h3-10,15-16H,11-14H2,1-2H3,(H,23,24). The number of nitrogens with zero attached hydrogens (tertiary/aromatic N) is 2. The van der Waals surface area contributed by atoms with Gasteiger partial charge in [0.25, 0.3) is 0 Å². The zero-order valence-corrected chi connectivity index (χ0v) is 17.4. The van der Waals surface area contributed by atoms with E-state index in [0.717, 1.165) is 22.4 Å². The summed E-state index contributed by atoms with van der Waals surface area (Å²) in [5.41, 5.74) is 3.00. The Morgan fingerprint density at radius 2 is 1.72 bits per heavy atom. The van der Waals surface area contributed by atoms with Crippen LogP contribution in [-0.2, 0) is 14.8 Å². The van der Waals surface area contributed by atoms with Gasteiger partial charge in [-0.25, -0.2) is 13.4 Å². The molecule has 1 aliphatic heterocycles. The van der Waals surface area contributed by atoms with E-state index in [1.807, 2.05) is 24.3 Å². The van der Waals surface area contributed by atoms with Crippen molar-refractivity contribution < 1.29 is 13.2 Å².